The Hall–Kier alpha value is -1.06. The molecule has 0 aromatic carbocycles. The Bertz CT molecular complexity index is 198. The first-order chi connectivity index (χ1) is 6.45. The van der Waals surface area contributed by atoms with Gasteiger partial charge in [-0.05, 0) is 5.92 Å². The molecule has 1 unspecified atom stereocenters. The third-order valence-electron chi connectivity index (χ3n) is 1.46. The number of hydrogen-bond donors (Lipinski definition) is 0. The third-order valence-corrected chi connectivity index (χ3v) is 1.46. The molecule has 0 saturated heterocycles. The lowest BCUT2D eigenvalue weighted by Crippen LogP contribution is -2.21. The van der Waals surface area contributed by atoms with E-state index in [0.29, 0.717) is 6.42 Å². The van der Waals surface area contributed by atoms with Gasteiger partial charge in [0.15, 0.2) is 0 Å². The monoisotopic (exact) mass is 202 g/mol. The summed E-state index contributed by atoms with van der Waals surface area (Å²) in [5, 5.41) is 0. The fraction of sp³-hybridized carbons (Fsp3) is 0.800. The molecule has 0 radical (unpaired) electrons. The summed E-state index contributed by atoms with van der Waals surface area (Å²) in [6.45, 7) is 7.06. The molecule has 0 aliphatic carbocycles. The zero-order valence-corrected chi connectivity index (χ0v) is 9.20. The Morgan fingerprint density at radius 3 is 2.00 bits per heavy atom. The lowest BCUT2D eigenvalue weighted by atomic mass is 10.1. The Morgan fingerprint density at radius 1 is 1.07 bits per heavy atom. The maximum absolute atomic E-state index is 11.1. The Morgan fingerprint density at radius 2 is 1.57 bits per heavy atom. The molecule has 14 heavy (non-hydrogen) atoms. The molecule has 4 nitrogen and oxygen atoms in total. The summed E-state index contributed by atoms with van der Waals surface area (Å²) in [7, 11) is 0. The first kappa shape index (κ1) is 12.9. The van der Waals surface area contributed by atoms with Crippen molar-refractivity contribution in [3.63, 3.8) is 0 Å². The number of hydrogen-bond acceptors (Lipinski definition) is 4. The van der Waals surface area contributed by atoms with Crippen molar-refractivity contribution in [1.82, 2.24) is 0 Å². The van der Waals surface area contributed by atoms with Crippen molar-refractivity contribution in [2.24, 2.45) is 5.92 Å². The van der Waals surface area contributed by atoms with Crippen LogP contribution < -0.4 is 0 Å². The van der Waals surface area contributed by atoms with Crippen LogP contribution in [-0.4, -0.2) is 18.2 Å². The van der Waals surface area contributed by atoms with Gasteiger partial charge in [0.2, 0.25) is 6.29 Å². The smallest absolute Gasteiger partial charge is 0.309 e. The van der Waals surface area contributed by atoms with Crippen LogP contribution in [-0.2, 0) is 19.1 Å². The number of rotatable bonds is 5. The van der Waals surface area contributed by atoms with E-state index in [-0.39, 0.29) is 24.3 Å². The molecule has 0 saturated carbocycles. The fourth-order valence-electron chi connectivity index (χ4n) is 0.859. The Kier molecular flexibility index (Phi) is 5.92. The summed E-state index contributed by atoms with van der Waals surface area (Å²) in [5.41, 5.74) is 0. The number of carbonyl (C=O) groups is 2. The van der Waals surface area contributed by atoms with Crippen LogP contribution in [0.5, 0.6) is 0 Å². The van der Waals surface area contributed by atoms with Gasteiger partial charge in [-0.1, -0.05) is 20.8 Å². The van der Waals surface area contributed by atoms with Crippen molar-refractivity contribution < 1.29 is 19.1 Å². The van der Waals surface area contributed by atoms with Gasteiger partial charge < -0.3 is 9.47 Å². The van der Waals surface area contributed by atoms with Gasteiger partial charge in [-0.15, -0.1) is 0 Å². The van der Waals surface area contributed by atoms with Crippen molar-refractivity contribution in [3.05, 3.63) is 0 Å². The number of carbonyl (C=O) groups excluding carboxylic acids is 2. The zero-order valence-electron chi connectivity index (χ0n) is 9.20. The van der Waals surface area contributed by atoms with Crippen LogP contribution in [0.15, 0.2) is 0 Å². The Balaban J connectivity index is 3.76. The van der Waals surface area contributed by atoms with Gasteiger partial charge in [-0.25, -0.2) is 0 Å². The normalized spacial score (nSPS) is 12.4. The van der Waals surface area contributed by atoms with Gasteiger partial charge in [0.25, 0.3) is 0 Å². The molecule has 0 heterocycles. The van der Waals surface area contributed by atoms with Gasteiger partial charge in [0.05, 0.1) is 0 Å². The summed E-state index contributed by atoms with van der Waals surface area (Å²) in [4.78, 5) is 21.9. The van der Waals surface area contributed by atoms with E-state index in [0.717, 1.165) is 0 Å². The molecule has 0 aliphatic heterocycles. The molecule has 0 bridgehead atoms. The van der Waals surface area contributed by atoms with E-state index in [9.17, 15) is 9.59 Å². The highest BCUT2D eigenvalue weighted by Gasteiger charge is 2.13. The molecule has 1 atom stereocenters. The second kappa shape index (κ2) is 6.40. The van der Waals surface area contributed by atoms with Crippen LogP contribution in [0.3, 0.4) is 0 Å². The average Bonchev–Trinajstić information content (AvgIpc) is 2.01. The standard InChI is InChI=1S/C10H18O4/c1-5-9(11)13-8(4)14-10(12)6-7(2)3/h7-8H,5-6H2,1-4H3. The van der Waals surface area contributed by atoms with Crippen molar-refractivity contribution in [2.75, 3.05) is 0 Å². The highest BCUT2D eigenvalue weighted by atomic mass is 16.7. The van der Waals surface area contributed by atoms with Gasteiger partial charge in [0, 0.05) is 19.8 Å². The first-order valence-electron chi connectivity index (χ1n) is 4.84. The van der Waals surface area contributed by atoms with Crippen LogP contribution in [0.1, 0.15) is 40.5 Å². The van der Waals surface area contributed by atoms with Crippen LogP contribution in [0.4, 0.5) is 0 Å². The second-order valence-electron chi connectivity index (χ2n) is 3.50. The quantitative estimate of drug-likeness (QED) is 0.504. The average molecular weight is 202 g/mol. The van der Waals surface area contributed by atoms with Crippen molar-refractivity contribution in [3.8, 4) is 0 Å². The van der Waals surface area contributed by atoms with Crippen molar-refractivity contribution in [2.45, 2.75) is 46.8 Å². The van der Waals surface area contributed by atoms with E-state index in [2.05, 4.69) is 0 Å². The topological polar surface area (TPSA) is 52.6 Å². The minimum Gasteiger partial charge on any atom is -0.425 e. The summed E-state index contributed by atoms with van der Waals surface area (Å²) in [6.07, 6.45) is -0.159. The maximum Gasteiger partial charge on any atom is 0.309 e. The van der Waals surface area contributed by atoms with E-state index < -0.39 is 6.29 Å². The minimum absolute atomic E-state index is 0.247. The molecule has 0 rings (SSSR count). The molecular weight excluding hydrogens is 184 g/mol. The molecular formula is C10H18O4. The lowest BCUT2D eigenvalue weighted by Gasteiger charge is -2.14. The highest BCUT2D eigenvalue weighted by Crippen LogP contribution is 2.04. The molecule has 0 aliphatic rings. The van der Waals surface area contributed by atoms with Gasteiger partial charge in [-0.2, -0.15) is 0 Å². The largest absolute Gasteiger partial charge is 0.425 e. The third kappa shape index (κ3) is 6.46. The van der Waals surface area contributed by atoms with E-state index in [1.165, 1.54) is 6.92 Å². The van der Waals surface area contributed by atoms with Crippen LogP contribution in [0.25, 0.3) is 0 Å². The molecule has 0 spiro atoms. The summed E-state index contributed by atoms with van der Waals surface area (Å²) >= 11 is 0. The molecule has 0 N–H and O–H groups in total. The van der Waals surface area contributed by atoms with E-state index in [1.54, 1.807) is 6.92 Å². The molecule has 0 amide bonds. The molecule has 82 valence electrons. The SMILES string of the molecule is CCC(=O)OC(C)OC(=O)CC(C)C. The molecule has 0 aromatic heterocycles. The minimum atomic E-state index is -0.784. The van der Waals surface area contributed by atoms with Crippen molar-refractivity contribution >= 4 is 11.9 Å². The van der Waals surface area contributed by atoms with E-state index in [1.807, 2.05) is 13.8 Å². The fourth-order valence-corrected chi connectivity index (χ4v) is 0.859. The summed E-state index contributed by atoms with van der Waals surface area (Å²) in [5.74, 6) is -0.456. The lowest BCUT2D eigenvalue weighted by molar-refractivity contribution is -0.184. The zero-order chi connectivity index (χ0) is 11.1. The second-order valence-corrected chi connectivity index (χ2v) is 3.50. The van der Waals surface area contributed by atoms with Gasteiger partial charge in [-0.3, -0.25) is 9.59 Å². The highest BCUT2D eigenvalue weighted by molar-refractivity contribution is 5.71. The van der Waals surface area contributed by atoms with Crippen LogP contribution in [0.2, 0.25) is 0 Å². The van der Waals surface area contributed by atoms with E-state index in [4.69, 9.17) is 9.47 Å². The van der Waals surface area contributed by atoms with E-state index >= 15 is 0 Å². The summed E-state index contributed by atoms with van der Waals surface area (Å²) < 4.78 is 9.62. The predicted molar refractivity (Wildman–Crippen MR) is 51.4 cm³/mol. The van der Waals surface area contributed by atoms with Crippen LogP contribution in [0, 0.1) is 5.92 Å². The summed E-state index contributed by atoms with van der Waals surface area (Å²) in [6, 6.07) is 0. The molecule has 0 fully saturated rings. The first-order valence-corrected chi connectivity index (χ1v) is 4.84. The molecule has 4 heteroatoms. The number of esters is 2. The predicted octanol–water partition coefficient (Wildman–Crippen LogP) is 1.87. The molecule has 0 aromatic rings. The maximum atomic E-state index is 11.1. The van der Waals surface area contributed by atoms with Crippen molar-refractivity contribution in [1.29, 1.82) is 0 Å². The van der Waals surface area contributed by atoms with Crippen LogP contribution >= 0.6 is 0 Å². The van der Waals surface area contributed by atoms with Gasteiger partial charge in [0.1, 0.15) is 0 Å². The van der Waals surface area contributed by atoms with Gasteiger partial charge >= 0.3 is 11.9 Å². The number of ether oxygens (including phenoxy) is 2. The Labute approximate surface area is 84.6 Å².